The Bertz CT molecular complexity index is 449. The molecule has 0 aliphatic carbocycles. The van der Waals surface area contributed by atoms with Crippen molar-refractivity contribution >= 4 is 17.8 Å². The summed E-state index contributed by atoms with van der Waals surface area (Å²) in [4.78, 5) is 42.0. The highest BCUT2D eigenvalue weighted by atomic mass is 16.5. The minimum absolute atomic E-state index is 0.0984. The Hall–Kier alpha value is -1.67. The van der Waals surface area contributed by atoms with Gasteiger partial charge >= 0.3 is 5.97 Å². The maximum atomic E-state index is 12.6. The third-order valence-corrected chi connectivity index (χ3v) is 4.51. The number of likely N-dealkylation sites (N-methyl/N-ethyl adjacent to an activating group) is 1. The average Bonchev–Trinajstić information content (AvgIpc) is 2.57. The number of hydrogen-bond donors (Lipinski definition) is 1. The van der Waals surface area contributed by atoms with E-state index in [1.54, 1.807) is 0 Å². The second-order valence-electron chi connectivity index (χ2n) is 5.88. The molecule has 8 nitrogen and oxygen atoms in total. The maximum Gasteiger partial charge on any atom is 0.308 e. The minimum atomic E-state index is -0.763. The van der Waals surface area contributed by atoms with Gasteiger partial charge in [-0.1, -0.05) is 6.92 Å². The largest absolute Gasteiger partial charge is 0.469 e. The van der Waals surface area contributed by atoms with Crippen LogP contribution in [0.1, 0.15) is 13.3 Å². The van der Waals surface area contributed by atoms with Crippen LogP contribution in [0.2, 0.25) is 0 Å². The molecule has 1 N–H and O–H groups in total. The number of rotatable bonds is 5. The van der Waals surface area contributed by atoms with Gasteiger partial charge in [0, 0.05) is 39.3 Å². The Kier molecular flexibility index (Phi) is 6.35. The molecule has 1 atom stereocenters. The summed E-state index contributed by atoms with van der Waals surface area (Å²) in [6.45, 7) is 7.91. The number of hydrogen-bond acceptors (Lipinski definition) is 6. The van der Waals surface area contributed by atoms with Crippen LogP contribution < -0.4 is 5.32 Å². The van der Waals surface area contributed by atoms with E-state index in [1.165, 1.54) is 12.0 Å². The van der Waals surface area contributed by atoms with Crippen molar-refractivity contribution in [2.24, 2.45) is 0 Å². The van der Waals surface area contributed by atoms with Crippen molar-refractivity contribution < 1.29 is 19.1 Å². The molecular weight excluding hydrogens is 300 g/mol. The van der Waals surface area contributed by atoms with Crippen molar-refractivity contribution in [1.29, 1.82) is 0 Å². The van der Waals surface area contributed by atoms with Crippen LogP contribution >= 0.6 is 0 Å². The SMILES string of the molecule is CCN1CCN(CC(=O)N2CCNC(=O)C2CC(=O)OC)CC1. The monoisotopic (exact) mass is 326 g/mol. The molecule has 0 spiro atoms. The number of amides is 2. The number of carbonyl (C=O) groups excluding carboxylic acids is 3. The van der Waals surface area contributed by atoms with E-state index in [-0.39, 0.29) is 18.2 Å². The lowest BCUT2D eigenvalue weighted by Crippen LogP contribution is -2.60. The zero-order valence-electron chi connectivity index (χ0n) is 13.9. The van der Waals surface area contributed by atoms with Crippen LogP contribution in [0.15, 0.2) is 0 Å². The molecule has 2 fully saturated rings. The molecule has 2 rings (SSSR count). The van der Waals surface area contributed by atoms with E-state index in [4.69, 9.17) is 0 Å². The Morgan fingerprint density at radius 1 is 1.17 bits per heavy atom. The summed E-state index contributed by atoms with van der Waals surface area (Å²) < 4.78 is 4.63. The molecule has 0 radical (unpaired) electrons. The van der Waals surface area contributed by atoms with Crippen molar-refractivity contribution in [3.63, 3.8) is 0 Å². The van der Waals surface area contributed by atoms with Gasteiger partial charge < -0.3 is 19.9 Å². The number of nitrogens with one attached hydrogen (secondary N) is 1. The van der Waals surface area contributed by atoms with Crippen molar-refractivity contribution in [2.75, 3.05) is 59.5 Å². The van der Waals surface area contributed by atoms with E-state index in [0.29, 0.717) is 19.6 Å². The zero-order chi connectivity index (χ0) is 16.8. The van der Waals surface area contributed by atoms with E-state index in [9.17, 15) is 14.4 Å². The summed E-state index contributed by atoms with van der Waals surface area (Å²) in [7, 11) is 1.28. The van der Waals surface area contributed by atoms with Gasteiger partial charge in [-0.3, -0.25) is 19.3 Å². The number of methoxy groups -OCH3 is 1. The van der Waals surface area contributed by atoms with E-state index in [1.807, 2.05) is 0 Å². The number of carbonyl (C=O) groups is 3. The molecule has 2 heterocycles. The quantitative estimate of drug-likeness (QED) is 0.620. The van der Waals surface area contributed by atoms with Crippen LogP contribution in [0.4, 0.5) is 0 Å². The Morgan fingerprint density at radius 3 is 2.43 bits per heavy atom. The molecule has 0 aromatic heterocycles. The summed E-state index contributed by atoms with van der Waals surface area (Å²) >= 11 is 0. The van der Waals surface area contributed by atoms with E-state index >= 15 is 0 Å². The highest BCUT2D eigenvalue weighted by molar-refractivity contribution is 5.92. The summed E-state index contributed by atoms with van der Waals surface area (Å²) in [5, 5.41) is 2.70. The Morgan fingerprint density at radius 2 is 1.83 bits per heavy atom. The van der Waals surface area contributed by atoms with Gasteiger partial charge in [0.2, 0.25) is 11.8 Å². The van der Waals surface area contributed by atoms with Gasteiger partial charge in [0.15, 0.2) is 0 Å². The van der Waals surface area contributed by atoms with Gasteiger partial charge in [-0.2, -0.15) is 0 Å². The molecule has 23 heavy (non-hydrogen) atoms. The van der Waals surface area contributed by atoms with Crippen molar-refractivity contribution in [1.82, 2.24) is 20.0 Å². The smallest absolute Gasteiger partial charge is 0.308 e. The highest BCUT2D eigenvalue weighted by Crippen LogP contribution is 2.11. The first-order chi connectivity index (χ1) is 11.0. The van der Waals surface area contributed by atoms with E-state index < -0.39 is 12.0 Å². The molecular formula is C15H26N4O4. The number of nitrogens with zero attached hydrogens (tertiary/aromatic N) is 3. The number of piperazine rings is 2. The van der Waals surface area contributed by atoms with Crippen LogP contribution in [0.25, 0.3) is 0 Å². The molecule has 0 aromatic carbocycles. The molecule has 130 valence electrons. The predicted molar refractivity (Wildman–Crippen MR) is 83.7 cm³/mol. The first-order valence-electron chi connectivity index (χ1n) is 8.13. The molecule has 2 aliphatic heterocycles. The van der Waals surface area contributed by atoms with Crippen LogP contribution in [0, 0.1) is 0 Å². The Labute approximate surface area is 136 Å². The summed E-state index contributed by atoms with van der Waals surface area (Å²) in [6, 6.07) is -0.763. The molecule has 2 saturated heterocycles. The topological polar surface area (TPSA) is 82.2 Å². The fourth-order valence-electron chi connectivity index (χ4n) is 3.00. The van der Waals surface area contributed by atoms with E-state index in [0.717, 1.165) is 32.7 Å². The fourth-order valence-corrected chi connectivity index (χ4v) is 3.00. The third-order valence-electron chi connectivity index (χ3n) is 4.51. The van der Waals surface area contributed by atoms with Crippen molar-refractivity contribution in [2.45, 2.75) is 19.4 Å². The highest BCUT2D eigenvalue weighted by Gasteiger charge is 2.35. The molecule has 2 aliphatic rings. The Balaban J connectivity index is 1.93. The molecule has 0 saturated carbocycles. The normalized spacial score (nSPS) is 23.5. The van der Waals surface area contributed by atoms with Crippen LogP contribution in [0.5, 0.6) is 0 Å². The molecule has 1 unspecified atom stereocenters. The lowest BCUT2D eigenvalue weighted by atomic mass is 10.1. The number of ether oxygens (including phenoxy) is 1. The van der Waals surface area contributed by atoms with Crippen molar-refractivity contribution in [3.05, 3.63) is 0 Å². The summed E-state index contributed by atoms with van der Waals surface area (Å²) in [5.41, 5.74) is 0. The van der Waals surface area contributed by atoms with Crippen molar-refractivity contribution in [3.8, 4) is 0 Å². The van der Waals surface area contributed by atoms with Gasteiger partial charge in [-0.25, -0.2) is 0 Å². The zero-order valence-corrected chi connectivity index (χ0v) is 13.9. The first-order valence-corrected chi connectivity index (χ1v) is 8.13. The van der Waals surface area contributed by atoms with Crippen LogP contribution in [-0.4, -0.2) is 98.0 Å². The van der Waals surface area contributed by atoms with E-state index in [2.05, 4.69) is 26.8 Å². The second kappa shape index (κ2) is 8.26. The fraction of sp³-hybridized carbons (Fsp3) is 0.800. The van der Waals surface area contributed by atoms with Gasteiger partial charge in [0.05, 0.1) is 20.1 Å². The standard InChI is InChI=1S/C15H26N4O4/c1-3-17-6-8-18(9-7-17)11-13(20)19-5-4-16-15(22)12(19)10-14(21)23-2/h12H,3-11H2,1-2H3,(H,16,22). The van der Waals surface area contributed by atoms with Gasteiger partial charge in [-0.05, 0) is 6.54 Å². The lowest BCUT2D eigenvalue weighted by molar-refractivity contribution is -0.150. The minimum Gasteiger partial charge on any atom is -0.469 e. The summed E-state index contributed by atoms with van der Waals surface area (Å²) in [5.74, 6) is -0.870. The van der Waals surface area contributed by atoms with Crippen LogP contribution in [-0.2, 0) is 19.1 Å². The molecule has 0 bridgehead atoms. The third kappa shape index (κ3) is 4.65. The van der Waals surface area contributed by atoms with Crippen LogP contribution in [0.3, 0.4) is 0 Å². The number of esters is 1. The maximum absolute atomic E-state index is 12.6. The second-order valence-corrected chi connectivity index (χ2v) is 5.88. The van der Waals surface area contributed by atoms with Gasteiger partial charge in [0.25, 0.3) is 0 Å². The molecule has 8 heteroatoms. The van der Waals surface area contributed by atoms with Gasteiger partial charge in [-0.15, -0.1) is 0 Å². The van der Waals surface area contributed by atoms with Gasteiger partial charge in [0.1, 0.15) is 6.04 Å². The molecule has 0 aromatic rings. The summed E-state index contributed by atoms with van der Waals surface area (Å²) in [6.07, 6.45) is -0.0995. The average molecular weight is 326 g/mol. The molecule has 2 amide bonds. The lowest BCUT2D eigenvalue weighted by Gasteiger charge is -2.38. The predicted octanol–water partition coefficient (Wildman–Crippen LogP) is -1.49. The first kappa shape index (κ1) is 17.7.